The Bertz CT molecular complexity index is 637. The third-order valence-corrected chi connectivity index (χ3v) is 3.63. The first kappa shape index (κ1) is 15.1. The molecule has 0 bridgehead atoms. The van der Waals surface area contributed by atoms with E-state index in [0.29, 0.717) is 17.9 Å². The van der Waals surface area contributed by atoms with E-state index in [1.807, 2.05) is 24.4 Å². The highest BCUT2D eigenvalue weighted by Crippen LogP contribution is 2.22. The van der Waals surface area contributed by atoms with Gasteiger partial charge in [-0.25, -0.2) is 4.79 Å². The average molecular weight is 305 g/mol. The van der Waals surface area contributed by atoms with Crippen molar-refractivity contribution >= 4 is 28.9 Å². The van der Waals surface area contributed by atoms with Crippen molar-refractivity contribution in [3.63, 3.8) is 0 Å². The second-order valence-corrected chi connectivity index (χ2v) is 5.50. The number of thiophene rings is 1. The van der Waals surface area contributed by atoms with Crippen molar-refractivity contribution in [1.82, 2.24) is 0 Å². The van der Waals surface area contributed by atoms with Gasteiger partial charge in [0.15, 0.2) is 6.61 Å². The summed E-state index contributed by atoms with van der Waals surface area (Å²) in [6.07, 6.45) is 0.342. The van der Waals surface area contributed by atoms with Crippen molar-refractivity contribution in [2.24, 2.45) is 0 Å². The Morgan fingerprint density at radius 1 is 1.33 bits per heavy atom. The first-order valence-corrected chi connectivity index (χ1v) is 7.20. The van der Waals surface area contributed by atoms with Crippen LogP contribution in [0.2, 0.25) is 0 Å². The minimum atomic E-state index is -1.03. The Labute approximate surface area is 126 Å². The van der Waals surface area contributed by atoms with Gasteiger partial charge in [-0.1, -0.05) is 6.07 Å². The van der Waals surface area contributed by atoms with Crippen LogP contribution in [-0.2, 0) is 16.0 Å². The summed E-state index contributed by atoms with van der Waals surface area (Å²) in [5.74, 6) is -0.646. The highest BCUT2D eigenvalue weighted by atomic mass is 32.1. The fourth-order valence-corrected chi connectivity index (χ4v) is 2.48. The predicted molar refractivity (Wildman–Crippen MR) is 81.0 cm³/mol. The SMILES string of the molecule is Cc1cc(OCC(=O)O)ccc1NC(=O)Cc1cccs1. The molecule has 1 amide bonds. The molecule has 2 aromatic rings. The lowest BCUT2D eigenvalue weighted by atomic mass is 10.2. The smallest absolute Gasteiger partial charge is 0.341 e. The number of benzene rings is 1. The summed E-state index contributed by atoms with van der Waals surface area (Å²) >= 11 is 1.54. The lowest BCUT2D eigenvalue weighted by Gasteiger charge is -2.10. The van der Waals surface area contributed by atoms with Gasteiger partial charge in [0.1, 0.15) is 5.75 Å². The topological polar surface area (TPSA) is 75.6 Å². The lowest BCUT2D eigenvalue weighted by molar-refractivity contribution is -0.139. The summed E-state index contributed by atoms with van der Waals surface area (Å²) in [6.45, 7) is 1.44. The molecular formula is C15H15NO4S. The van der Waals surface area contributed by atoms with Gasteiger partial charge in [-0.15, -0.1) is 11.3 Å². The van der Waals surface area contributed by atoms with Crippen molar-refractivity contribution in [3.8, 4) is 5.75 Å². The van der Waals surface area contributed by atoms with Crippen molar-refractivity contribution in [2.75, 3.05) is 11.9 Å². The number of hydrogen-bond donors (Lipinski definition) is 2. The first-order chi connectivity index (χ1) is 10.0. The van der Waals surface area contributed by atoms with Crippen molar-refractivity contribution < 1.29 is 19.4 Å². The number of aryl methyl sites for hydroxylation is 1. The molecule has 2 N–H and O–H groups in total. The number of ether oxygens (including phenoxy) is 1. The number of amides is 1. The Morgan fingerprint density at radius 3 is 2.76 bits per heavy atom. The van der Waals surface area contributed by atoms with Crippen LogP contribution in [0.25, 0.3) is 0 Å². The van der Waals surface area contributed by atoms with Crippen molar-refractivity contribution in [1.29, 1.82) is 0 Å². The summed E-state index contributed by atoms with van der Waals surface area (Å²) in [6, 6.07) is 8.87. The zero-order chi connectivity index (χ0) is 15.2. The maximum absolute atomic E-state index is 11.9. The summed E-state index contributed by atoms with van der Waals surface area (Å²) in [5.41, 5.74) is 1.51. The second kappa shape index (κ2) is 6.90. The van der Waals surface area contributed by atoms with Gasteiger partial charge in [0.2, 0.25) is 5.91 Å². The predicted octanol–water partition coefficient (Wildman–Crippen LogP) is 2.70. The van der Waals surface area contributed by atoms with E-state index >= 15 is 0 Å². The molecule has 1 heterocycles. The summed E-state index contributed by atoms with van der Waals surface area (Å²) in [7, 11) is 0. The second-order valence-electron chi connectivity index (χ2n) is 4.46. The van der Waals surface area contributed by atoms with Crippen LogP contribution in [0.15, 0.2) is 35.7 Å². The number of aliphatic carboxylic acids is 1. The maximum Gasteiger partial charge on any atom is 0.341 e. The Morgan fingerprint density at radius 2 is 2.14 bits per heavy atom. The number of hydrogen-bond acceptors (Lipinski definition) is 4. The highest BCUT2D eigenvalue weighted by Gasteiger charge is 2.08. The van der Waals surface area contributed by atoms with Crippen LogP contribution < -0.4 is 10.1 Å². The molecule has 0 radical (unpaired) electrons. The molecule has 0 saturated carbocycles. The Kier molecular flexibility index (Phi) is 4.94. The molecule has 0 aliphatic carbocycles. The number of nitrogens with one attached hydrogen (secondary N) is 1. The molecule has 0 atom stereocenters. The van der Waals surface area contributed by atoms with Crippen LogP contribution in [0.1, 0.15) is 10.4 Å². The summed E-state index contributed by atoms with van der Waals surface area (Å²) in [5, 5.41) is 13.3. The normalized spacial score (nSPS) is 10.1. The van der Waals surface area contributed by atoms with Crippen molar-refractivity contribution in [3.05, 3.63) is 46.2 Å². The van der Waals surface area contributed by atoms with E-state index in [2.05, 4.69) is 5.32 Å². The Balaban J connectivity index is 1.97. The fraction of sp³-hybridized carbons (Fsp3) is 0.200. The zero-order valence-corrected chi connectivity index (χ0v) is 12.3. The van der Waals surface area contributed by atoms with E-state index in [-0.39, 0.29) is 12.5 Å². The molecule has 0 aliphatic heterocycles. The van der Waals surface area contributed by atoms with Gasteiger partial charge in [0.05, 0.1) is 6.42 Å². The van der Waals surface area contributed by atoms with Gasteiger partial charge >= 0.3 is 5.97 Å². The quantitative estimate of drug-likeness (QED) is 0.860. The summed E-state index contributed by atoms with van der Waals surface area (Å²) < 4.78 is 5.08. The maximum atomic E-state index is 11.9. The van der Waals surface area contributed by atoms with E-state index in [9.17, 15) is 9.59 Å². The van der Waals surface area contributed by atoms with Crippen LogP contribution in [0.4, 0.5) is 5.69 Å². The molecule has 21 heavy (non-hydrogen) atoms. The molecule has 5 nitrogen and oxygen atoms in total. The average Bonchev–Trinajstić information content (AvgIpc) is 2.92. The van der Waals surface area contributed by atoms with Gasteiger partial charge in [-0.3, -0.25) is 4.79 Å². The first-order valence-electron chi connectivity index (χ1n) is 6.32. The standard InChI is InChI=1S/C15H15NO4S/c1-10-7-11(20-9-15(18)19)4-5-13(10)16-14(17)8-12-3-2-6-21-12/h2-7H,8-9H2,1H3,(H,16,17)(H,18,19). The van der Waals surface area contributed by atoms with Crippen LogP contribution in [0, 0.1) is 6.92 Å². The van der Waals surface area contributed by atoms with E-state index in [4.69, 9.17) is 9.84 Å². The van der Waals surface area contributed by atoms with Gasteiger partial charge in [0, 0.05) is 10.6 Å². The lowest BCUT2D eigenvalue weighted by Crippen LogP contribution is -2.14. The molecule has 1 aromatic heterocycles. The van der Waals surface area contributed by atoms with Gasteiger partial charge in [-0.05, 0) is 42.1 Å². The summed E-state index contributed by atoms with van der Waals surface area (Å²) in [4.78, 5) is 23.4. The van der Waals surface area contributed by atoms with Gasteiger partial charge in [-0.2, -0.15) is 0 Å². The molecule has 0 fully saturated rings. The third-order valence-electron chi connectivity index (χ3n) is 2.75. The van der Waals surface area contributed by atoms with Crippen LogP contribution in [0.3, 0.4) is 0 Å². The number of rotatable bonds is 6. The van der Waals surface area contributed by atoms with Gasteiger partial charge in [0.25, 0.3) is 0 Å². The van der Waals surface area contributed by atoms with Crippen LogP contribution >= 0.6 is 11.3 Å². The number of carboxylic acids is 1. The van der Waals surface area contributed by atoms with E-state index in [1.165, 1.54) is 0 Å². The number of carboxylic acid groups (broad SMARTS) is 1. The minimum Gasteiger partial charge on any atom is -0.482 e. The molecule has 110 valence electrons. The largest absolute Gasteiger partial charge is 0.482 e. The molecule has 0 aliphatic rings. The fourth-order valence-electron chi connectivity index (χ4n) is 1.78. The van der Waals surface area contributed by atoms with E-state index in [0.717, 1.165) is 10.4 Å². The molecular weight excluding hydrogens is 290 g/mol. The minimum absolute atomic E-state index is 0.0836. The number of carbonyl (C=O) groups excluding carboxylic acids is 1. The molecule has 0 spiro atoms. The molecule has 1 aromatic carbocycles. The zero-order valence-electron chi connectivity index (χ0n) is 11.5. The monoisotopic (exact) mass is 305 g/mol. The molecule has 2 rings (SSSR count). The third kappa shape index (κ3) is 4.61. The van der Waals surface area contributed by atoms with Gasteiger partial charge < -0.3 is 15.2 Å². The van der Waals surface area contributed by atoms with Crippen molar-refractivity contribution in [2.45, 2.75) is 13.3 Å². The van der Waals surface area contributed by atoms with E-state index in [1.54, 1.807) is 29.5 Å². The molecule has 0 unspecified atom stereocenters. The van der Waals surface area contributed by atoms with Crippen LogP contribution in [-0.4, -0.2) is 23.6 Å². The number of carbonyl (C=O) groups is 2. The molecule has 6 heteroatoms. The molecule has 0 saturated heterocycles. The highest BCUT2D eigenvalue weighted by molar-refractivity contribution is 7.10. The van der Waals surface area contributed by atoms with E-state index < -0.39 is 5.97 Å². The Hall–Kier alpha value is -2.34. The number of anilines is 1. The van der Waals surface area contributed by atoms with Crippen LogP contribution in [0.5, 0.6) is 5.75 Å².